The number of esters is 1. The molecule has 154 valence electrons. The highest BCUT2D eigenvalue weighted by Gasteiger charge is 2.34. The number of piperidine rings is 1. The number of primary amides is 1. The molecule has 0 unspecified atom stereocenters. The maximum absolute atomic E-state index is 13.0. The van der Waals surface area contributed by atoms with E-state index in [-0.39, 0.29) is 18.0 Å². The number of sulfonamides is 1. The number of amides is 1. The molecule has 1 amide bonds. The van der Waals surface area contributed by atoms with Crippen LogP contribution in [0.15, 0.2) is 23.1 Å². The van der Waals surface area contributed by atoms with E-state index in [4.69, 9.17) is 19.9 Å². The third-order valence-electron chi connectivity index (χ3n) is 4.84. The van der Waals surface area contributed by atoms with E-state index in [1.807, 2.05) is 0 Å². The van der Waals surface area contributed by atoms with Crippen LogP contribution in [0.2, 0.25) is 0 Å². The molecule has 9 nitrogen and oxygen atoms in total. The summed E-state index contributed by atoms with van der Waals surface area (Å²) in [5, 5.41) is 0. The predicted octanol–water partition coefficient (Wildman–Crippen LogP) is 0.666. The maximum Gasteiger partial charge on any atom is 0.309 e. The fourth-order valence-corrected chi connectivity index (χ4v) is 4.60. The van der Waals surface area contributed by atoms with E-state index in [1.54, 1.807) is 6.07 Å². The molecule has 2 aliphatic rings. The van der Waals surface area contributed by atoms with Crippen LogP contribution >= 0.6 is 0 Å². The molecule has 0 bridgehead atoms. The number of hydrogen-bond acceptors (Lipinski definition) is 7. The molecule has 1 atom stereocenters. The molecule has 1 fully saturated rings. The van der Waals surface area contributed by atoms with Crippen LogP contribution in [0.3, 0.4) is 0 Å². The lowest BCUT2D eigenvalue weighted by atomic mass is 9.98. The lowest BCUT2D eigenvalue weighted by molar-refractivity contribution is -0.159. The largest absolute Gasteiger partial charge is 0.490 e. The number of carbonyl (C=O) groups excluding carboxylic acids is 2. The first-order chi connectivity index (χ1) is 13.3. The van der Waals surface area contributed by atoms with Gasteiger partial charge >= 0.3 is 5.97 Å². The zero-order valence-corrected chi connectivity index (χ0v) is 16.4. The summed E-state index contributed by atoms with van der Waals surface area (Å²) in [7, 11) is -3.72. The van der Waals surface area contributed by atoms with Gasteiger partial charge in [0.05, 0.1) is 24.0 Å². The summed E-state index contributed by atoms with van der Waals surface area (Å²) in [6.07, 6.45) is 0.354. The summed E-state index contributed by atoms with van der Waals surface area (Å²) in [6.45, 7) is 2.76. The van der Waals surface area contributed by atoms with E-state index in [9.17, 15) is 18.0 Å². The van der Waals surface area contributed by atoms with Crippen molar-refractivity contribution in [3.8, 4) is 11.5 Å². The molecule has 28 heavy (non-hydrogen) atoms. The molecule has 3 rings (SSSR count). The van der Waals surface area contributed by atoms with E-state index >= 15 is 0 Å². The van der Waals surface area contributed by atoms with Crippen LogP contribution in [0.1, 0.15) is 26.2 Å². The molecule has 0 saturated carbocycles. The number of rotatable bonds is 5. The van der Waals surface area contributed by atoms with E-state index in [1.165, 1.54) is 23.4 Å². The summed E-state index contributed by atoms with van der Waals surface area (Å²) in [6, 6.07) is 4.57. The normalized spacial score (nSPS) is 19.5. The van der Waals surface area contributed by atoms with Crippen LogP contribution in [-0.4, -0.2) is 57.0 Å². The summed E-state index contributed by atoms with van der Waals surface area (Å²) in [5.41, 5.74) is 5.09. The zero-order valence-electron chi connectivity index (χ0n) is 15.6. The Kier molecular flexibility index (Phi) is 6.09. The van der Waals surface area contributed by atoms with Gasteiger partial charge in [-0.15, -0.1) is 0 Å². The summed E-state index contributed by atoms with van der Waals surface area (Å²) in [5.74, 6) is -0.766. The van der Waals surface area contributed by atoms with Crippen LogP contribution in [0.4, 0.5) is 0 Å². The van der Waals surface area contributed by atoms with Gasteiger partial charge in [0.2, 0.25) is 10.0 Å². The van der Waals surface area contributed by atoms with Gasteiger partial charge in [-0.2, -0.15) is 4.31 Å². The highest BCUT2D eigenvalue weighted by Crippen LogP contribution is 2.33. The van der Waals surface area contributed by atoms with Crippen LogP contribution in [0.25, 0.3) is 0 Å². The van der Waals surface area contributed by atoms with Gasteiger partial charge in [0, 0.05) is 25.6 Å². The Morgan fingerprint density at radius 1 is 1.18 bits per heavy atom. The number of ether oxygens (including phenoxy) is 3. The molecule has 0 radical (unpaired) electrons. The lowest BCUT2D eigenvalue weighted by Crippen LogP contribution is -2.41. The monoisotopic (exact) mass is 412 g/mol. The Morgan fingerprint density at radius 2 is 1.82 bits per heavy atom. The molecule has 0 aliphatic carbocycles. The maximum atomic E-state index is 13.0. The standard InChI is InChI=1S/C18H24N2O7S/c1-12(17(19)21)27-18(22)13-5-7-20(8-6-13)28(23,24)14-3-4-15-16(11-14)26-10-2-9-25-15/h3-4,11-13H,2,5-10H2,1H3,(H2,19,21)/t12-/m0/s1. The molecule has 1 saturated heterocycles. The summed E-state index contributed by atoms with van der Waals surface area (Å²) in [4.78, 5) is 23.2. The van der Waals surface area contributed by atoms with E-state index < -0.39 is 33.9 Å². The molecule has 2 N–H and O–H groups in total. The minimum absolute atomic E-state index is 0.125. The molecule has 1 aromatic carbocycles. The lowest BCUT2D eigenvalue weighted by Gasteiger charge is -2.30. The Morgan fingerprint density at radius 3 is 2.46 bits per heavy atom. The van der Waals surface area contributed by atoms with Crippen molar-refractivity contribution >= 4 is 21.9 Å². The molecular formula is C18H24N2O7S. The van der Waals surface area contributed by atoms with Crippen molar-refractivity contribution in [1.29, 1.82) is 0 Å². The van der Waals surface area contributed by atoms with Crippen molar-refractivity contribution in [2.75, 3.05) is 26.3 Å². The fraction of sp³-hybridized carbons (Fsp3) is 0.556. The summed E-state index contributed by atoms with van der Waals surface area (Å²) >= 11 is 0. The van der Waals surface area contributed by atoms with Crippen molar-refractivity contribution in [1.82, 2.24) is 4.31 Å². The number of hydrogen-bond donors (Lipinski definition) is 1. The van der Waals surface area contributed by atoms with Gasteiger partial charge in [-0.3, -0.25) is 9.59 Å². The second-order valence-corrected chi connectivity index (χ2v) is 8.76. The van der Waals surface area contributed by atoms with Gasteiger partial charge in [-0.1, -0.05) is 0 Å². The average molecular weight is 412 g/mol. The predicted molar refractivity (Wildman–Crippen MR) is 98.3 cm³/mol. The van der Waals surface area contributed by atoms with Crippen LogP contribution in [-0.2, 0) is 24.3 Å². The van der Waals surface area contributed by atoms with E-state index in [0.717, 1.165) is 6.42 Å². The van der Waals surface area contributed by atoms with Crippen LogP contribution in [0.5, 0.6) is 11.5 Å². The van der Waals surface area contributed by atoms with E-state index in [2.05, 4.69) is 0 Å². The van der Waals surface area contributed by atoms with Crippen LogP contribution < -0.4 is 15.2 Å². The first-order valence-corrected chi connectivity index (χ1v) is 10.6. The van der Waals surface area contributed by atoms with Gasteiger partial charge in [-0.25, -0.2) is 8.42 Å². The average Bonchev–Trinajstić information content (AvgIpc) is 2.92. The van der Waals surface area contributed by atoms with Crippen molar-refractivity contribution in [3.63, 3.8) is 0 Å². The number of benzene rings is 1. The molecule has 1 aromatic rings. The Labute approximate surface area is 163 Å². The molecule has 2 aliphatic heterocycles. The highest BCUT2D eigenvalue weighted by molar-refractivity contribution is 7.89. The first kappa shape index (κ1) is 20.4. The van der Waals surface area contributed by atoms with Crippen LogP contribution in [0, 0.1) is 5.92 Å². The highest BCUT2D eigenvalue weighted by atomic mass is 32.2. The number of fused-ring (bicyclic) bond motifs is 1. The fourth-order valence-electron chi connectivity index (χ4n) is 3.11. The SMILES string of the molecule is C[C@H](OC(=O)C1CCN(S(=O)(=O)c2ccc3c(c2)OCCCO3)CC1)C(N)=O. The number of carbonyl (C=O) groups is 2. The van der Waals surface area contributed by atoms with Crippen molar-refractivity contribution in [3.05, 3.63) is 18.2 Å². The minimum Gasteiger partial charge on any atom is -0.490 e. The smallest absolute Gasteiger partial charge is 0.309 e. The van der Waals surface area contributed by atoms with Crippen molar-refractivity contribution in [2.45, 2.75) is 37.2 Å². The van der Waals surface area contributed by atoms with Gasteiger partial charge < -0.3 is 19.9 Å². The molecule has 10 heteroatoms. The van der Waals surface area contributed by atoms with Gasteiger partial charge in [-0.05, 0) is 31.9 Å². The van der Waals surface area contributed by atoms with Crippen molar-refractivity contribution in [2.24, 2.45) is 11.7 Å². The molecule has 0 aromatic heterocycles. The third kappa shape index (κ3) is 4.39. The van der Waals surface area contributed by atoms with Crippen molar-refractivity contribution < 1.29 is 32.2 Å². The van der Waals surface area contributed by atoms with Gasteiger partial charge in [0.25, 0.3) is 5.91 Å². The number of nitrogens with zero attached hydrogens (tertiary/aromatic N) is 1. The molecule has 0 spiro atoms. The Hall–Kier alpha value is -2.33. The van der Waals surface area contributed by atoms with E-state index in [0.29, 0.717) is 37.6 Å². The quantitative estimate of drug-likeness (QED) is 0.705. The van der Waals surface area contributed by atoms with Gasteiger partial charge in [0.15, 0.2) is 17.6 Å². The Bertz CT molecular complexity index is 847. The summed E-state index contributed by atoms with van der Waals surface area (Å²) < 4.78 is 43.4. The first-order valence-electron chi connectivity index (χ1n) is 9.18. The minimum atomic E-state index is -3.72. The number of nitrogens with two attached hydrogens (primary N) is 1. The Balaban J connectivity index is 1.66. The second-order valence-electron chi connectivity index (χ2n) is 6.82. The molecule has 2 heterocycles. The topological polar surface area (TPSA) is 125 Å². The zero-order chi connectivity index (χ0) is 20.3. The second kappa shape index (κ2) is 8.36. The van der Waals surface area contributed by atoms with Gasteiger partial charge in [0.1, 0.15) is 0 Å². The third-order valence-corrected chi connectivity index (χ3v) is 6.73. The molecular weight excluding hydrogens is 388 g/mol.